The lowest BCUT2D eigenvalue weighted by Crippen LogP contribution is -2.24. The Balaban J connectivity index is 2.11. The summed E-state index contributed by atoms with van der Waals surface area (Å²) >= 11 is 5.94. The van der Waals surface area contributed by atoms with E-state index in [1.807, 2.05) is 25.1 Å². The van der Waals surface area contributed by atoms with Crippen LogP contribution in [0.25, 0.3) is 0 Å². The van der Waals surface area contributed by atoms with E-state index in [9.17, 15) is 4.39 Å². The number of unbranched alkanes of at least 4 members (excludes halogenated alkanes) is 1. The fourth-order valence-electron chi connectivity index (χ4n) is 2.50. The zero-order chi connectivity index (χ0) is 15.9. The summed E-state index contributed by atoms with van der Waals surface area (Å²) in [7, 11) is 0. The summed E-state index contributed by atoms with van der Waals surface area (Å²) in [4.78, 5) is 2.37. The summed E-state index contributed by atoms with van der Waals surface area (Å²) in [5.74, 6) is -0.164. The van der Waals surface area contributed by atoms with Crippen molar-refractivity contribution in [2.45, 2.75) is 39.8 Å². The molecule has 2 aromatic rings. The summed E-state index contributed by atoms with van der Waals surface area (Å²) in [5.41, 5.74) is 3.43. The molecule has 0 saturated heterocycles. The quantitative estimate of drug-likeness (QED) is 0.643. The van der Waals surface area contributed by atoms with Gasteiger partial charge >= 0.3 is 0 Å². The summed E-state index contributed by atoms with van der Waals surface area (Å²) in [5, 5.41) is 0.754. The minimum Gasteiger partial charge on any atom is -0.295 e. The number of nitrogens with zero attached hydrogens (tertiary/aromatic N) is 1. The van der Waals surface area contributed by atoms with Crippen LogP contribution >= 0.6 is 11.6 Å². The molecule has 0 N–H and O–H groups in total. The lowest BCUT2D eigenvalue weighted by molar-refractivity contribution is 0.252. The van der Waals surface area contributed by atoms with Gasteiger partial charge in [-0.2, -0.15) is 0 Å². The van der Waals surface area contributed by atoms with Crippen LogP contribution < -0.4 is 0 Å². The van der Waals surface area contributed by atoms with Crippen molar-refractivity contribution < 1.29 is 4.39 Å². The van der Waals surface area contributed by atoms with E-state index in [1.165, 1.54) is 11.6 Å². The predicted molar refractivity (Wildman–Crippen MR) is 91.6 cm³/mol. The second-order valence-corrected chi connectivity index (χ2v) is 6.20. The van der Waals surface area contributed by atoms with Crippen molar-refractivity contribution in [3.8, 4) is 0 Å². The van der Waals surface area contributed by atoms with Gasteiger partial charge in [0.2, 0.25) is 0 Å². The maximum atomic E-state index is 13.5. The smallest absolute Gasteiger partial charge is 0.123 e. The minimum absolute atomic E-state index is 0.164. The van der Waals surface area contributed by atoms with Gasteiger partial charge in [-0.25, -0.2) is 4.39 Å². The fraction of sp³-hybridized carbons (Fsp3) is 0.368. The Bertz CT molecular complexity index is 595. The van der Waals surface area contributed by atoms with Gasteiger partial charge in [-0.05, 0) is 60.8 Å². The van der Waals surface area contributed by atoms with Crippen LogP contribution in [0.15, 0.2) is 42.5 Å². The van der Waals surface area contributed by atoms with Gasteiger partial charge in [0.1, 0.15) is 5.82 Å². The highest BCUT2D eigenvalue weighted by Gasteiger charge is 2.09. The highest BCUT2D eigenvalue weighted by molar-refractivity contribution is 6.30. The van der Waals surface area contributed by atoms with E-state index >= 15 is 0 Å². The van der Waals surface area contributed by atoms with E-state index in [4.69, 9.17) is 11.6 Å². The summed E-state index contributed by atoms with van der Waals surface area (Å²) < 4.78 is 13.5. The molecule has 0 aliphatic heterocycles. The molecule has 0 aromatic heterocycles. The molecule has 0 saturated carbocycles. The lowest BCUT2D eigenvalue weighted by atomic mass is 10.1. The molecule has 0 atom stereocenters. The van der Waals surface area contributed by atoms with Crippen molar-refractivity contribution in [2.24, 2.45) is 0 Å². The monoisotopic (exact) mass is 319 g/mol. The Morgan fingerprint density at radius 1 is 1.05 bits per heavy atom. The average molecular weight is 320 g/mol. The van der Waals surface area contributed by atoms with Crippen LogP contribution in [0, 0.1) is 12.7 Å². The molecule has 1 nitrogen and oxygen atoms in total. The van der Waals surface area contributed by atoms with Gasteiger partial charge in [-0.3, -0.25) is 4.90 Å². The maximum Gasteiger partial charge on any atom is 0.123 e. The zero-order valence-electron chi connectivity index (χ0n) is 13.3. The first-order valence-corrected chi connectivity index (χ1v) is 8.18. The number of hydrogen-bond donors (Lipinski definition) is 0. The molecule has 0 amide bonds. The number of rotatable bonds is 7. The van der Waals surface area contributed by atoms with Crippen molar-refractivity contribution in [2.75, 3.05) is 6.54 Å². The third-order valence-corrected chi connectivity index (χ3v) is 4.10. The zero-order valence-corrected chi connectivity index (χ0v) is 14.0. The van der Waals surface area contributed by atoms with E-state index in [0.717, 1.165) is 48.6 Å². The number of halogens is 2. The maximum absolute atomic E-state index is 13.5. The number of aryl methyl sites for hydroxylation is 1. The van der Waals surface area contributed by atoms with E-state index in [0.29, 0.717) is 0 Å². The van der Waals surface area contributed by atoms with Crippen LogP contribution in [0.3, 0.4) is 0 Å². The van der Waals surface area contributed by atoms with E-state index < -0.39 is 0 Å². The molecule has 0 unspecified atom stereocenters. The molecule has 0 heterocycles. The molecular formula is C19H23ClFN. The van der Waals surface area contributed by atoms with Crippen molar-refractivity contribution in [3.63, 3.8) is 0 Å². The highest BCUT2D eigenvalue weighted by Crippen LogP contribution is 2.17. The van der Waals surface area contributed by atoms with E-state index in [2.05, 4.69) is 24.0 Å². The molecule has 3 heteroatoms. The van der Waals surface area contributed by atoms with Gasteiger partial charge < -0.3 is 0 Å². The topological polar surface area (TPSA) is 3.24 Å². The van der Waals surface area contributed by atoms with Gasteiger partial charge in [0, 0.05) is 18.1 Å². The van der Waals surface area contributed by atoms with Crippen LogP contribution in [0.2, 0.25) is 5.02 Å². The first kappa shape index (κ1) is 17.0. The Kier molecular flexibility index (Phi) is 6.41. The van der Waals surface area contributed by atoms with Crippen LogP contribution in [0.5, 0.6) is 0 Å². The average Bonchev–Trinajstić information content (AvgIpc) is 2.50. The third kappa shape index (κ3) is 5.11. The Morgan fingerprint density at radius 2 is 1.77 bits per heavy atom. The van der Waals surface area contributed by atoms with E-state index in [-0.39, 0.29) is 5.82 Å². The largest absolute Gasteiger partial charge is 0.295 e. The first-order chi connectivity index (χ1) is 10.6. The fourth-order valence-corrected chi connectivity index (χ4v) is 2.62. The van der Waals surface area contributed by atoms with Crippen LogP contribution in [0.4, 0.5) is 4.39 Å². The van der Waals surface area contributed by atoms with Crippen molar-refractivity contribution in [1.29, 1.82) is 0 Å². The second kappa shape index (κ2) is 8.30. The molecule has 0 aliphatic carbocycles. The number of benzene rings is 2. The summed E-state index contributed by atoms with van der Waals surface area (Å²) in [6.45, 7) is 6.86. The SMILES string of the molecule is CCCCN(Cc1ccc(Cl)cc1)Cc1cc(F)ccc1C. The van der Waals surface area contributed by atoms with Gasteiger partial charge in [0.15, 0.2) is 0 Å². The first-order valence-electron chi connectivity index (χ1n) is 7.80. The molecule has 0 fully saturated rings. The van der Waals surface area contributed by atoms with Gasteiger partial charge in [-0.1, -0.05) is 43.1 Å². The molecular weight excluding hydrogens is 297 g/mol. The van der Waals surface area contributed by atoms with Crippen LogP contribution in [-0.2, 0) is 13.1 Å². The Morgan fingerprint density at radius 3 is 2.45 bits per heavy atom. The molecule has 0 bridgehead atoms. The normalized spacial score (nSPS) is 11.1. The standard InChI is InChI=1S/C19H23ClFN/c1-3-4-11-22(13-16-6-8-18(20)9-7-16)14-17-12-19(21)10-5-15(17)2/h5-10,12H,3-4,11,13-14H2,1-2H3. The lowest BCUT2D eigenvalue weighted by Gasteiger charge is -2.23. The molecule has 118 valence electrons. The summed E-state index contributed by atoms with van der Waals surface area (Å²) in [6.07, 6.45) is 2.29. The third-order valence-electron chi connectivity index (χ3n) is 3.85. The van der Waals surface area contributed by atoms with Crippen LogP contribution in [-0.4, -0.2) is 11.4 Å². The molecule has 0 aliphatic rings. The second-order valence-electron chi connectivity index (χ2n) is 5.76. The highest BCUT2D eigenvalue weighted by atomic mass is 35.5. The predicted octanol–water partition coefficient (Wildman–Crippen LogP) is 5.59. The minimum atomic E-state index is -0.164. The van der Waals surface area contributed by atoms with Crippen molar-refractivity contribution in [1.82, 2.24) is 4.90 Å². The van der Waals surface area contributed by atoms with Gasteiger partial charge in [0.25, 0.3) is 0 Å². The van der Waals surface area contributed by atoms with E-state index in [1.54, 1.807) is 6.07 Å². The molecule has 2 rings (SSSR count). The molecule has 22 heavy (non-hydrogen) atoms. The molecule has 2 aromatic carbocycles. The Hall–Kier alpha value is -1.38. The van der Waals surface area contributed by atoms with Crippen molar-refractivity contribution >= 4 is 11.6 Å². The van der Waals surface area contributed by atoms with Crippen molar-refractivity contribution in [3.05, 3.63) is 70.0 Å². The number of hydrogen-bond acceptors (Lipinski definition) is 1. The molecule has 0 radical (unpaired) electrons. The Labute approximate surface area is 137 Å². The van der Waals surface area contributed by atoms with Gasteiger partial charge in [0.05, 0.1) is 0 Å². The van der Waals surface area contributed by atoms with Gasteiger partial charge in [-0.15, -0.1) is 0 Å². The molecule has 0 spiro atoms. The van der Waals surface area contributed by atoms with Crippen LogP contribution in [0.1, 0.15) is 36.5 Å². The summed E-state index contributed by atoms with van der Waals surface area (Å²) in [6, 6.07) is 13.0.